The van der Waals surface area contributed by atoms with Crippen molar-refractivity contribution in [3.05, 3.63) is 65.2 Å². The first-order chi connectivity index (χ1) is 13.9. The van der Waals surface area contributed by atoms with Crippen molar-refractivity contribution in [3.63, 3.8) is 0 Å². The average molecular weight is 395 g/mol. The van der Waals surface area contributed by atoms with E-state index in [4.69, 9.17) is 4.74 Å². The van der Waals surface area contributed by atoms with Crippen molar-refractivity contribution in [1.82, 2.24) is 10.2 Å². The number of benzene rings is 2. The molecular formula is C25H34N2O2. The second-order valence-corrected chi connectivity index (χ2v) is 8.92. The van der Waals surface area contributed by atoms with Crippen LogP contribution in [0.4, 0.5) is 0 Å². The monoisotopic (exact) mass is 394 g/mol. The van der Waals surface area contributed by atoms with Gasteiger partial charge in [-0.25, -0.2) is 0 Å². The highest BCUT2D eigenvalue weighted by molar-refractivity contribution is 5.94. The summed E-state index contributed by atoms with van der Waals surface area (Å²) < 4.78 is 5.30. The summed E-state index contributed by atoms with van der Waals surface area (Å²) in [5.41, 5.74) is 3.25. The van der Waals surface area contributed by atoms with E-state index >= 15 is 0 Å². The zero-order chi connectivity index (χ0) is 20.9. The van der Waals surface area contributed by atoms with Gasteiger partial charge >= 0.3 is 0 Å². The maximum absolute atomic E-state index is 12.8. The van der Waals surface area contributed by atoms with Crippen LogP contribution in [-0.2, 0) is 5.41 Å². The SMILES string of the molecule is COc1ccc(C(CNC(=O)c2ccc(C(C)(C)C)cc2)N2CCCCC2)cc1. The molecule has 1 unspecified atom stereocenters. The highest BCUT2D eigenvalue weighted by Gasteiger charge is 2.23. The molecule has 0 aromatic heterocycles. The van der Waals surface area contributed by atoms with Crippen LogP contribution in [0.2, 0.25) is 0 Å². The van der Waals surface area contributed by atoms with E-state index in [9.17, 15) is 4.79 Å². The first kappa shape index (κ1) is 21.4. The van der Waals surface area contributed by atoms with Gasteiger partial charge in [-0.05, 0) is 66.7 Å². The van der Waals surface area contributed by atoms with Crippen molar-refractivity contribution in [1.29, 1.82) is 0 Å². The maximum atomic E-state index is 12.8. The lowest BCUT2D eigenvalue weighted by molar-refractivity contribution is 0.0924. The van der Waals surface area contributed by atoms with Gasteiger partial charge in [0.2, 0.25) is 0 Å². The Bertz CT molecular complexity index is 785. The molecule has 0 radical (unpaired) electrons. The van der Waals surface area contributed by atoms with Crippen molar-refractivity contribution < 1.29 is 9.53 Å². The summed E-state index contributed by atoms with van der Waals surface area (Å²) >= 11 is 0. The molecule has 0 bridgehead atoms. The van der Waals surface area contributed by atoms with Crippen molar-refractivity contribution in [2.24, 2.45) is 0 Å². The Morgan fingerprint density at radius 3 is 2.17 bits per heavy atom. The molecular weight excluding hydrogens is 360 g/mol. The van der Waals surface area contributed by atoms with E-state index in [2.05, 4.69) is 55.3 Å². The third-order valence-electron chi connectivity index (χ3n) is 5.80. The van der Waals surface area contributed by atoms with Crippen LogP contribution < -0.4 is 10.1 Å². The van der Waals surface area contributed by atoms with Gasteiger partial charge < -0.3 is 10.1 Å². The van der Waals surface area contributed by atoms with Gasteiger partial charge in [-0.1, -0.05) is 51.5 Å². The Morgan fingerprint density at radius 1 is 1.00 bits per heavy atom. The molecule has 2 aromatic carbocycles. The van der Waals surface area contributed by atoms with Crippen LogP contribution in [0.5, 0.6) is 5.75 Å². The Labute approximate surface area is 175 Å². The minimum atomic E-state index is -0.0130. The summed E-state index contributed by atoms with van der Waals surface area (Å²) in [4.78, 5) is 15.3. The summed E-state index contributed by atoms with van der Waals surface area (Å²) in [6.45, 7) is 9.30. The molecule has 1 amide bonds. The van der Waals surface area contributed by atoms with Crippen LogP contribution in [0, 0.1) is 0 Å². The third-order valence-corrected chi connectivity index (χ3v) is 5.80. The highest BCUT2D eigenvalue weighted by Crippen LogP contribution is 2.26. The predicted molar refractivity (Wildman–Crippen MR) is 119 cm³/mol. The van der Waals surface area contributed by atoms with E-state index in [0.29, 0.717) is 12.1 Å². The van der Waals surface area contributed by atoms with Gasteiger partial charge in [0.05, 0.1) is 13.2 Å². The molecule has 0 spiro atoms. The van der Waals surface area contributed by atoms with Crippen LogP contribution in [0.25, 0.3) is 0 Å². The van der Waals surface area contributed by atoms with Crippen LogP contribution >= 0.6 is 0 Å². The molecule has 4 heteroatoms. The summed E-state index contributed by atoms with van der Waals surface area (Å²) in [6, 6.07) is 16.4. The number of nitrogens with zero attached hydrogens (tertiary/aromatic N) is 1. The van der Waals surface area contributed by atoms with Crippen LogP contribution in [-0.4, -0.2) is 37.6 Å². The number of hydrogen-bond donors (Lipinski definition) is 1. The topological polar surface area (TPSA) is 41.6 Å². The number of hydrogen-bond acceptors (Lipinski definition) is 3. The van der Waals surface area contributed by atoms with Gasteiger partial charge in [-0.15, -0.1) is 0 Å². The molecule has 2 aromatic rings. The normalized spacial score (nSPS) is 16.3. The summed E-state index contributed by atoms with van der Waals surface area (Å²) in [5.74, 6) is 0.843. The van der Waals surface area contributed by atoms with E-state index in [-0.39, 0.29) is 17.4 Å². The Morgan fingerprint density at radius 2 is 1.62 bits per heavy atom. The lowest BCUT2D eigenvalue weighted by atomic mass is 9.86. The fourth-order valence-corrected chi connectivity index (χ4v) is 3.93. The molecule has 1 heterocycles. The van der Waals surface area contributed by atoms with Crippen molar-refractivity contribution in [3.8, 4) is 5.75 Å². The van der Waals surface area contributed by atoms with Crippen LogP contribution in [0.15, 0.2) is 48.5 Å². The maximum Gasteiger partial charge on any atom is 0.251 e. The fraction of sp³-hybridized carbons (Fsp3) is 0.480. The molecule has 1 N–H and O–H groups in total. The number of likely N-dealkylation sites (tertiary alicyclic amines) is 1. The van der Waals surface area contributed by atoms with E-state index < -0.39 is 0 Å². The van der Waals surface area contributed by atoms with Crippen LogP contribution in [0.3, 0.4) is 0 Å². The second kappa shape index (κ2) is 9.45. The quantitative estimate of drug-likeness (QED) is 0.754. The number of methoxy groups -OCH3 is 1. The zero-order valence-electron chi connectivity index (χ0n) is 18.2. The molecule has 156 valence electrons. The number of nitrogens with one attached hydrogen (secondary N) is 1. The molecule has 1 fully saturated rings. The van der Waals surface area contributed by atoms with Crippen LogP contribution in [0.1, 0.15) is 67.6 Å². The van der Waals surface area contributed by atoms with Gasteiger partial charge in [-0.3, -0.25) is 9.69 Å². The Kier molecular flexibility index (Phi) is 6.96. The molecule has 29 heavy (non-hydrogen) atoms. The number of piperidine rings is 1. The number of rotatable bonds is 6. The van der Waals surface area contributed by atoms with Gasteiger partial charge in [0.15, 0.2) is 0 Å². The van der Waals surface area contributed by atoms with Gasteiger partial charge in [0.25, 0.3) is 5.91 Å². The largest absolute Gasteiger partial charge is 0.497 e. The molecule has 0 aliphatic carbocycles. The molecule has 1 aliphatic heterocycles. The second-order valence-electron chi connectivity index (χ2n) is 8.92. The molecule has 1 saturated heterocycles. The number of carbonyl (C=O) groups is 1. The zero-order valence-corrected chi connectivity index (χ0v) is 18.2. The molecule has 1 atom stereocenters. The summed E-state index contributed by atoms with van der Waals surface area (Å²) in [6.07, 6.45) is 3.72. The Hall–Kier alpha value is -2.33. The number of amides is 1. The predicted octanol–water partition coefficient (Wildman–Crippen LogP) is 4.95. The van der Waals surface area contributed by atoms with Gasteiger partial charge in [-0.2, -0.15) is 0 Å². The number of carbonyl (C=O) groups excluding carboxylic acids is 1. The van der Waals surface area contributed by atoms with Crippen molar-refractivity contribution >= 4 is 5.91 Å². The summed E-state index contributed by atoms with van der Waals surface area (Å²) in [7, 11) is 1.68. The lowest BCUT2D eigenvalue weighted by Gasteiger charge is -2.35. The average Bonchev–Trinajstić information content (AvgIpc) is 2.74. The third kappa shape index (κ3) is 5.60. The lowest BCUT2D eigenvalue weighted by Crippen LogP contribution is -2.40. The minimum absolute atomic E-state index is 0.0130. The number of ether oxygens (including phenoxy) is 1. The fourth-order valence-electron chi connectivity index (χ4n) is 3.93. The molecule has 3 rings (SSSR count). The first-order valence-corrected chi connectivity index (χ1v) is 10.7. The van der Waals surface area contributed by atoms with Crippen molar-refractivity contribution in [2.45, 2.75) is 51.5 Å². The van der Waals surface area contributed by atoms with E-state index in [1.807, 2.05) is 24.3 Å². The van der Waals surface area contributed by atoms with E-state index in [1.54, 1.807) is 7.11 Å². The minimum Gasteiger partial charge on any atom is -0.497 e. The molecule has 0 saturated carbocycles. The van der Waals surface area contributed by atoms with Gasteiger partial charge in [0, 0.05) is 12.1 Å². The summed E-state index contributed by atoms with van der Waals surface area (Å²) in [5, 5.41) is 3.17. The molecule has 4 nitrogen and oxygen atoms in total. The van der Waals surface area contributed by atoms with Gasteiger partial charge in [0.1, 0.15) is 5.75 Å². The van der Waals surface area contributed by atoms with Crippen molar-refractivity contribution in [2.75, 3.05) is 26.7 Å². The Balaban J connectivity index is 1.70. The van der Waals surface area contributed by atoms with E-state index in [1.165, 1.54) is 30.4 Å². The molecule has 1 aliphatic rings. The van der Waals surface area contributed by atoms with E-state index in [0.717, 1.165) is 18.8 Å². The smallest absolute Gasteiger partial charge is 0.251 e. The standard InChI is InChI=1S/C25H34N2O2/c1-25(2,3)21-12-8-20(9-13-21)24(28)26-18-23(27-16-6-5-7-17-27)19-10-14-22(29-4)15-11-19/h8-15,23H,5-7,16-18H2,1-4H3,(H,26,28). The highest BCUT2D eigenvalue weighted by atomic mass is 16.5. The first-order valence-electron chi connectivity index (χ1n) is 10.7.